The van der Waals surface area contributed by atoms with Gasteiger partial charge in [-0.1, -0.05) is 48.5 Å². The van der Waals surface area contributed by atoms with E-state index in [0.717, 1.165) is 16.9 Å². The lowest BCUT2D eigenvalue weighted by molar-refractivity contribution is -0.126. The number of rotatable bonds is 8. The van der Waals surface area contributed by atoms with Crippen LogP contribution in [0.1, 0.15) is 37.8 Å². The molecule has 166 valence electrons. The molecule has 0 aromatic heterocycles. The molecule has 0 radical (unpaired) electrons. The minimum Gasteiger partial charge on any atom is -0.491 e. The van der Waals surface area contributed by atoms with Crippen molar-refractivity contribution in [2.45, 2.75) is 39.3 Å². The van der Waals surface area contributed by atoms with Gasteiger partial charge >= 0.3 is 0 Å². The fourth-order valence-electron chi connectivity index (χ4n) is 3.53. The van der Waals surface area contributed by atoms with Crippen LogP contribution < -0.4 is 10.1 Å². The Hall–Kier alpha value is -2.64. The Morgan fingerprint density at radius 1 is 1.10 bits per heavy atom. The molecule has 0 spiro atoms. The molecule has 2 aromatic carbocycles. The lowest BCUT2D eigenvalue weighted by atomic mass is 9.97. The highest BCUT2D eigenvalue weighted by molar-refractivity contribution is 7.92. The number of carbonyl (C=O) groups excluding carboxylic acids is 1. The molecule has 2 aromatic rings. The maximum absolute atomic E-state index is 12.6. The van der Waals surface area contributed by atoms with Crippen molar-refractivity contribution in [3.05, 3.63) is 71.1 Å². The molecule has 0 unspecified atom stereocenters. The molecule has 1 aliphatic rings. The average Bonchev–Trinajstić information content (AvgIpc) is 2.77. The van der Waals surface area contributed by atoms with Crippen LogP contribution in [0, 0.1) is 5.92 Å². The largest absolute Gasteiger partial charge is 0.491 e. The van der Waals surface area contributed by atoms with Crippen LogP contribution >= 0.6 is 0 Å². The molecule has 0 atom stereocenters. The fraction of sp³-hybridized carbons (Fsp3) is 0.375. The minimum atomic E-state index is -3.50. The standard InChI is InChI=1S/C24H30N2O4S/c1-19(2)30-23-11-7-6-10-22(23)18-25-24(27)21-12-15-26(16-13-21)31(28,29)17-14-20-8-4-3-5-9-20/h3-11,14,17,19,21H,12-13,15-16,18H2,1-2H3,(H,25,27)/b17-14+. The molecular weight excluding hydrogens is 412 g/mol. The predicted molar refractivity (Wildman–Crippen MR) is 123 cm³/mol. The van der Waals surface area contributed by atoms with Gasteiger partial charge in [-0.25, -0.2) is 8.42 Å². The van der Waals surface area contributed by atoms with E-state index >= 15 is 0 Å². The zero-order chi connectivity index (χ0) is 22.3. The zero-order valence-electron chi connectivity index (χ0n) is 18.0. The summed E-state index contributed by atoms with van der Waals surface area (Å²) in [5.74, 6) is 0.530. The number of hydrogen-bond donors (Lipinski definition) is 1. The fourth-order valence-corrected chi connectivity index (χ4v) is 4.75. The second-order valence-electron chi connectivity index (χ2n) is 7.92. The van der Waals surface area contributed by atoms with E-state index in [1.54, 1.807) is 6.08 Å². The van der Waals surface area contributed by atoms with Crippen molar-refractivity contribution >= 4 is 22.0 Å². The average molecular weight is 443 g/mol. The summed E-state index contributed by atoms with van der Waals surface area (Å²) in [6, 6.07) is 17.0. The molecule has 1 aliphatic heterocycles. The molecule has 1 saturated heterocycles. The molecule has 6 nitrogen and oxygen atoms in total. The van der Waals surface area contributed by atoms with Crippen molar-refractivity contribution in [1.29, 1.82) is 0 Å². The monoisotopic (exact) mass is 442 g/mol. The number of sulfonamides is 1. The number of benzene rings is 2. The van der Waals surface area contributed by atoms with Crippen LogP contribution in [0.5, 0.6) is 5.75 Å². The quantitative estimate of drug-likeness (QED) is 0.675. The number of nitrogens with one attached hydrogen (secondary N) is 1. The first-order valence-corrected chi connectivity index (χ1v) is 12.1. The first-order valence-electron chi connectivity index (χ1n) is 10.6. The van der Waals surface area contributed by atoms with Crippen LogP contribution in [0.3, 0.4) is 0 Å². The Morgan fingerprint density at radius 2 is 1.74 bits per heavy atom. The lowest BCUT2D eigenvalue weighted by Gasteiger charge is -2.29. The Morgan fingerprint density at radius 3 is 2.42 bits per heavy atom. The molecule has 3 rings (SSSR count). The third-order valence-corrected chi connectivity index (χ3v) is 6.77. The number of nitrogens with zero attached hydrogens (tertiary/aromatic N) is 1. The molecule has 1 fully saturated rings. The summed E-state index contributed by atoms with van der Waals surface area (Å²) >= 11 is 0. The van der Waals surface area contributed by atoms with Gasteiger partial charge < -0.3 is 10.1 Å². The van der Waals surface area contributed by atoms with Crippen molar-refractivity contribution in [1.82, 2.24) is 9.62 Å². The lowest BCUT2D eigenvalue weighted by Crippen LogP contribution is -2.42. The van der Waals surface area contributed by atoms with Crippen molar-refractivity contribution in [2.24, 2.45) is 5.92 Å². The zero-order valence-corrected chi connectivity index (χ0v) is 18.8. The second kappa shape index (κ2) is 10.6. The molecule has 1 heterocycles. The van der Waals surface area contributed by atoms with Crippen molar-refractivity contribution in [3.8, 4) is 5.75 Å². The molecule has 0 aliphatic carbocycles. The van der Waals surface area contributed by atoms with Crippen LogP contribution in [0.15, 0.2) is 60.0 Å². The van der Waals surface area contributed by atoms with Gasteiger partial charge in [0.15, 0.2) is 0 Å². The highest BCUT2D eigenvalue weighted by Crippen LogP contribution is 2.23. The number of hydrogen-bond acceptors (Lipinski definition) is 4. The molecule has 1 amide bonds. The summed E-state index contributed by atoms with van der Waals surface area (Å²) in [6.45, 7) is 5.00. The highest BCUT2D eigenvalue weighted by atomic mass is 32.2. The van der Waals surface area contributed by atoms with E-state index in [2.05, 4.69) is 5.32 Å². The summed E-state index contributed by atoms with van der Waals surface area (Å²) in [5.41, 5.74) is 1.76. The normalized spacial score (nSPS) is 16.0. The van der Waals surface area contributed by atoms with Crippen LogP contribution in [-0.2, 0) is 21.4 Å². The van der Waals surface area contributed by atoms with Crippen LogP contribution in [-0.4, -0.2) is 37.8 Å². The summed E-state index contributed by atoms with van der Waals surface area (Å²) in [5, 5.41) is 4.23. The van der Waals surface area contributed by atoms with E-state index in [1.807, 2.05) is 68.4 Å². The summed E-state index contributed by atoms with van der Waals surface area (Å²) in [4.78, 5) is 12.6. The van der Waals surface area contributed by atoms with Crippen molar-refractivity contribution in [2.75, 3.05) is 13.1 Å². The van der Waals surface area contributed by atoms with Crippen LogP contribution in [0.2, 0.25) is 0 Å². The molecule has 31 heavy (non-hydrogen) atoms. The number of ether oxygens (including phenoxy) is 1. The molecule has 1 N–H and O–H groups in total. The number of amides is 1. The maximum Gasteiger partial charge on any atom is 0.236 e. The molecule has 0 bridgehead atoms. The molecule has 0 saturated carbocycles. The second-order valence-corrected chi connectivity index (χ2v) is 9.74. The maximum atomic E-state index is 12.6. The molecular formula is C24H30N2O4S. The van der Waals surface area contributed by atoms with Gasteiger partial charge in [-0.3, -0.25) is 4.79 Å². The van der Waals surface area contributed by atoms with Gasteiger partial charge in [0, 0.05) is 36.5 Å². The smallest absolute Gasteiger partial charge is 0.236 e. The Labute approximate surface area is 185 Å². The summed E-state index contributed by atoms with van der Waals surface area (Å²) < 4.78 is 32.4. The minimum absolute atomic E-state index is 0.0452. The number of carbonyl (C=O) groups is 1. The topological polar surface area (TPSA) is 75.7 Å². The van der Waals surface area contributed by atoms with E-state index in [-0.39, 0.29) is 17.9 Å². The Kier molecular flexibility index (Phi) is 7.87. The summed E-state index contributed by atoms with van der Waals surface area (Å²) in [6.07, 6.45) is 2.67. The van der Waals surface area contributed by atoms with Gasteiger partial charge in [0.1, 0.15) is 5.75 Å². The van der Waals surface area contributed by atoms with Gasteiger partial charge in [0.05, 0.1) is 6.10 Å². The Balaban J connectivity index is 1.51. The third-order valence-electron chi connectivity index (χ3n) is 5.20. The SMILES string of the molecule is CC(C)Oc1ccccc1CNC(=O)C1CCN(S(=O)(=O)/C=C/c2ccccc2)CC1. The van der Waals surface area contributed by atoms with Gasteiger partial charge in [-0.15, -0.1) is 0 Å². The van der Waals surface area contributed by atoms with E-state index in [4.69, 9.17) is 4.74 Å². The van der Waals surface area contributed by atoms with Gasteiger partial charge in [0.2, 0.25) is 15.9 Å². The third kappa shape index (κ3) is 6.67. The number of piperidine rings is 1. The van der Waals surface area contributed by atoms with E-state index in [0.29, 0.717) is 32.5 Å². The highest BCUT2D eigenvalue weighted by Gasteiger charge is 2.29. The van der Waals surface area contributed by atoms with E-state index < -0.39 is 10.0 Å². The number of para-hydroxylation sites is 1. The molecule has 7 heteroatoms. The van der Waals surface area contributed by atoms with Crippen molar-refractivity contribution < 1.29 is 17.9 Å². The summed E-state index contributed by atoms with van der Waals surface area (Å²) in [7, 11) is -3.50. The first kappa shape index (κ1) is 23.0. The first-order chi connectivity index (χ1) is 14.8. The van der Waals surface area contributed by atoms with Gasteiger partial charge in [-0.2, -0.15) is 4.31 Å². The van der Waals surface area contributed by atoms with Gasteiger partial charge in [0.25, 0.3) is 0 Å². The van der Waals surface area contributed by atoms with Gasteiger partial charge in [-0.05, 0) is 44.4 Å². The predicted octanol–water partition coefficient (Wildman–Crippen LogP) is 3.80. The van der Waals surface area contributed by atoms with E-state index in [9.17, 15) is 13.2 Å². The van der Waals surface area contributed by atoms with E-state index in [1.165, 1.54) is 9.71 Å². The van der Waals surface area contributed by atoms with Crippen molar-refractivity contribution in [3.63, 3.8) is 0 Å². The van der Waals surface area contributed by atoms with Crippen LogP contribution in [0.4, 0.5) is 0 Å². The Bertz CT molecular complexity index is 995. The van der Waals surface area contributed by atoms with Crippen LogP contribution in [0.25, 0.3) is 6.08 Å².